The summed E-state index contributed by atoms with van der Waals surface area (Å²) in [6.45, 7) is 3.69. The van der Waals surface area contributed by atoms with Crippen molar-refractivity contribution >= 4 is 0 Å². The number of hydrogen-bond donors (Lipinski definition) is 1. The summed E-state index contributed by atoms with van der Waals surface area (Å²) in [6.07, 6.45) is 2.48. The third-order valence-corrected chi connectivity index (χ3v) is 3.63. The lowest BCUT2D eigenvalue weighted by Crippen LogP contribution is -2.14. The fourth-order valence-corrected chi connectivity index (χ4v) is 2.24. The van der Waals surface area contributed by atoms with Crippen LogP contribution in [0, 0.1) is 13.8 Å². The van der Waals surface area contributed by atoms with Gasteiger partial charge in [-0.2, -0.15) is 0 Å². The normalized spacial score (nSPS) is 14.8. The average Bonchev–Trinajstić information content (AvgIpc) is 3.19. The Labute approximate surface area is 106 Å². The van der Waals surface area contributed by atoms with E-state index in [9.17, 15) is 4.79 Å². The molecule has 0 atom stereocenters. The Morgan fingerprint density at radius 2 is 1.94 bits per heavy atom. The van der Waals surface area contributed by atoms with Gasteiger partial charge in [-0.15, -0.1) is 0 Å². The Balaban J connectivity index is 2.18. The molecule has 1 saturated carbocycles. The van der Waals surface area contributed by atoms with Gasteiger partial charge in [0, 0.05) is 16.8 Å². The summed E-state index contributed by atoms with van der Waals surface area (Å²) in [6, 6.07) is 8.23. The van der Waals surface area contributed by atoms with Gasteiger partial charge in [0.15, 0.2) is 0 Å². The molecular weight excluding hydrogens is 224 g/mol. The Bertz CT molecular complexity index is 654. The Morgan fingerprint density at radius 3 is 2.61 bits per heavy atom. The van der Waals surface area contributed by atoms with Crippen molar-refractivity contribution in [3.63, 3.8) is 0 Å². The van der Waals surface area contributed by atoms with Crippen molar-refractivity contribution in [2.24, 2.45) is 0 Å². The highest BCUT2D eigenvalue weighted by atomic mass is 16.1. The van der Waals surface area contributed by atoms with Gasteiger partial charge in [0.25, 0.3) is 5.56 Å². The van der Waals surface area contributed by atoms with Crippen LogP contribution in [0.4, 0.5) is 0 Å². The highest BCUT2D eigenvalue weighted by Gasteiger charge is 2.26. The summed E-state index contributed by atoms with van der Waals surface area (Å²) in [5.74, 6) is 1.35. The van der Waals surface area contributed by atoms with Crippen LogP contribution >= 0.6 is 0 Å². The van der Waals surface area contributed by atoms with Crippen LogP contribution in [0.25, 0.3) is 11.4 Å². The molecule has 1 aromatic carbocycles. The number of hydrogen-bond acceptors (Lipinski definition) is 2. The minimum absolute atomic E-state index is 0.0388. The van der Waals surface area contributed by atoms with Crippen LogP contribution in [-0.4, -0.2) is 9.97 Å². The first-order chi connectivity index (χ1) is 8.66. The van der Waals surface area contributed by atoms with Gasteiger partial charge in [-0.25, -0.2) is 4.98 Å². The molecule has 1 fully saturated rings. The lowest BCUT2D eigenvalue weighted by molar-refractivity contribution is 1.02. The van der Waals surface area contributed by atoms with E-state index in [1.165, 1.54) is 18.4 Å². The molecule has 2 aromatic rings. The van der Waals surface area contributed by atoms with Gasteiger partial charge in [-0.1, -0.05) is 24.3 Å². The topological polar surface area (TPSA) is 45.8 Å². The molecule has 92 valence electrons. The zero-order chi connectivity index (χ0) is 12.7. The number of nitrogens with zero attached hydrogens (tertiary/aromatic N) is 1. The lowest BCUT2D eigenvalue weighted by atomic mass is 10.0. The number of aromatic nitrogens is 2. The van der Waals surface area contributed by atoms with E-state index in [1.807, 2.05) is 19.1 Å². The van der Waals surface area contributed by atoms with Gasteiger partial charge in [-0.05, 0) is 38.2 Å². The Kier molecular flexibility index (Phi) is 2.54. The van der Waals surface area contributed by atoms with Crippen LogP contribution in [0.1, 0.15) is 35.6 Å². The molecule has 1 N–H and O–H groups in total. The van der Waals surface area contributed by atoms with Crippen LogP contribution in [0.3, 0.4) is 0 Å². The summed E-state index contributed by atoms with van der Waals surface area (Å²) in [5, 5.41) is 0. The van der Waals surface area contributed by atoms with E-state index in [0.29, 0.717) is 17.3 Å². The maximum atomic E-state index is 11.8. The second-order valence-corrected chi connectivity index (χ2v) is 4.99. The summed E-state index contributed by atoms with van der Waals surface area (Å²) in [5.41, 5.74) is 3.84. The van der Waals surface area contributed by atoms with Crippen molar-refractivity contribution < 1.29 is 0 Å². The van der Waals surface area contributed by atoms with Crippen molar-refractivity contribution in [2.45, 2.75) is 32.6 Å². The monoisotopic (exact) mass is 240 g/mol. The van der Waals surface area contributed by atoms with Crippen LogP contribution in [0.15, 0.2) is 29.1 Å². The van der Waals surface area contributed by atoms with E-state index < -0.39 is 0 Å². The Hall–Kier alpha value is -1.90. The predicted octanol–water partition coefficient (Wildman–Crippen LogP) is 2.93. The molecule has 0 radical (unpaired) electrons. The highest BCUT2D eigenvalue weighted by Crippen LogP contribution is 2.43. The van der Waals surface area contributed by atoms with E-state index in [4.69, 9.17) is 0 Å². The fourth-order valence-electron chi connectivity index (χ4n) is 2.24. The van der Waals surface area contributed by atoms with Crippen molar-refractivity contribution in [3.05, 3.63) is 51.4 Å². The van der Waals surface area contributed by atoms with Gasteiger partial charge in [0.1, 0.15) is 5.82 Å². The van der Waals surface area contributed by atoms with Gasteiger partial charge >= 0.3 is 0 Å². The molecule has 18 heavy (non-hydrogen) atoms. The standard InChI is InChI=1S/C15H16N2O/c1-9-10(2)16-14(17-15(9)18)13-6-4-3-5-12(13)11-7-8-11/h3-6,11H,7-8H2,1-2H3,(H,16,17,18). The molecule has 0 bridgehead atoms. The molecule has 3 heteroatoms. The average molecular weight is 240 g/mol. The molecule has 1 aliphatic rings. The molecule has 0 aliphatic heterocycles. The molecule has 0 unspecified atom stereocenters. The molecule has 1 aromatic heterocycles. The first kappa shape index (κ1) is 11.2. The molecule has 3 rings (SSSR count). The number of aryl methyl sites for hydroxylation is 1. The Morgan fingerprint density at radius 1 is 1.22 bits per heavy atom. The summed E-state index contributed by atoms with van der Waals surface area (Å²) >= 11 is 0. The fraction of sp³-hybridized carbons (Fsp3) is 0.333. The van der Waals surface area contributed by atoms with Crippen LogP contribution in [0.5, 0.6) is 0 Å². The largest absolute Gasteiger partial charge is 0.306 e. The quantitative estimate of drug-likeness (QED) is 0.877. The van der Waals surface area contributed by atoms with E-state index in [1.54, 1.807) is 6.92 Å². The molecule has 0 amide bonds. The maximum absolute atomic E-state index is 11.8. The second-order valence-electron chi connectivity index (χ2n) is 4.99. The van der Waals surface area contributed by atoms with E-state index in [-0.39, 0.29) is 5.56 Å². The SMILES string of the molecule is Cc1nc(-c2ccccc2C2CC2)[nH]c(=O)c1C. The summed E-state index contributed by atoms with van der Waals surface area (Å²) in [4.78, 5) is 19.2. The van der Waals surface area contributed by atoms with Crippen LogP contribution < -0.4 is 5.56 Å². The van der Waals surface area contributed by atoms with Crippen LogP contribution in [0.2, 0.25) is 0 Å². The number of nitrogens with one attached hydrogen (secondary N) is 1. The molecule has 0 spiro atoms. The van der Waals surface area contributed by atoms with Gasteiger partial charge < -0.3 is 4.98 Å². The number of aromatic amines is 1. The number of H-pyrrole nitrogens is 1. The first-order valence-corrected chi connectivity index (χ1v) is 6.33. The van der Waals surface area contributed by atoms with Crippen molar-refractivity contribution in [1.82, 2.24) is 9.97 Å². The molecular formula is C15H16N2O. The lowest BCUT2D eigenvalue weighted by Gasteiger charge is -2.09. The van der Waals surface area contributed by atoms with E-state index >= 15 is 0 Å². The van der Waals surface area contributed by atoms with Gasteiger partial charge in [0.05, 0.1) is 0 Å². The zero-order valence-electron chi connectivity index (χ0n) is 10.7. The van der Waals surface area contributed by atoms with E-state index in [0.717, 1.165) is 11.3 Å². The zero-order valence-corrected chi connectivity index (χ0v) is 10.7. The van der Waals surface area contributed by atoms with Crippen molar-refractivity contribution in [2.75, 3.05) is 0 Å². The third kappa shape index (κ3) is 1.86. The molecule has 1 aliphatic carbocycles. The minimum atomic E-state index is -0.0388. The summed E-state index contributed by atoms with van der Waals surface area (Å²) in [7, 11) is 0. The van der Waals surface area contributed by atoms with Crippen molar-refractivity contribution in [1.29, 1.82) is 0 Å². The number of benzene rings is 1. The van der Waals surface area contributed by atoms with Crippen LogP contribution in [-0.2, 0) is 0 Å². The minimum Gasteiger partial charge on any atom is -0.306 e. The maximum Gasteiger partial charge on any atom is 0.254 e. The molecule has 1 heterocycles. The molecule has 3 nitrogen and oxygen atoms in total. The van der Waals surface area contributed by atoms with E-state index in [2.05, 4.69) is 22.1 Å². The molecule has 0 saturated heterocycles. The van der Waals surface area contributed by atoms with Gasteiger partial charge in [-0.3, -0.25) is 4.79 Å². The highest BCUT2D eigenvalue weighted by molar-refractivity contribution is 5.62. The second kappa shape index (κ2) is 4.09. The smallest absolute Gasteiger partial charge is 0.254 e. The van der Waals surface area contributed by atoms with Gasteiger partial charge in [0.2, 0.25) is 0 Å². The number of rotatable bonds is 2. The third-order valence-electron chi connectivity index (χ3n) is 3.63. The summed E-state index contributed by atoms with van der Waals surface area (Å²) < 4.78 is 0. The van der Waals surface area contributed by atoms with Crippen molar-refractivity contribution in [3.8, 4) is 11.4 Å². The first-order valence-electron chi connectivity index (χ1n) is 6.33. The predicted molar refractivity (Wildman–Crippen MR) is 71.7 cm³/mol.